The quantitative estimate of drug-likeness (QED) is 0.237. The van der Waals surface area contributed by atoms with Gasteiger partial charge in [0.25, 0.3) is 0 Å². The predicted octanol–water partition coefficient (Wildman–Crippen LogP) is 5.67. The van der Waals surface area contributed by atoms with Gasteiger partial charge in [0.05, 0.1) is 18.6 Å². The molecule has 2 aromatic carbocycles. The number of thioether (sulfide) groups is 1. The lowest BCUT2D eigenvalue weighted by Crippen LogP contribution is -2.32. The van der Waals surface area contributed by atoms with Crippen molar-refractivity contribution in [2.45, 2.75) is 11.7 Å². The molecular formula is C25H22ClN3O3S. The van der Waals surface area contributed by atoms with Crippen molar-refractivity contribution in [3.63, 3.8) is 0 Å². The van der Waals surface area contributed by atoms with Crippen LogP contribution in [0.4, 0.5) is 0 Å². The van der Waals surface area contributed by atoms with Crippen molar-refractivity contribution >= 4 is 40.7 Å². The molecule has 1 aliphatic heterocycles. The number of nitrogens with zero attached hydrogens (tertiary/aromatic N) is 3. The van der Waals surface area contributed by atoms with Crippen LogP contribution in [0.15, 0.2) is 87.9 Å². The molecule has 168 valence electrons. The Morgan fingerprint density at radius 3 is 2.61 bits per heavy atom. The summed E-state index contributed by atoms with van der Waals surface area (Å²) in [7, 11) is 1.63. The van der Waals surface area contributed by atoms with Gasteiger partial charge in [-0.2, -0.15) is 5.10 Å². The Labute approximate surface area is 201 Å². The van der Waals surface area contributed by atoms with Gasteiger partial charge in [-0.15, -0.1) is 11.7 Å². The largest absolute Gasteiger partial charge is 0.497 e. The second-order valence-corrected chi connectivity index (χ2v) is 8.84. The first-order chi connectivity index (χ1) is 16.1. The number of methoxy groups -OCH3 is 1. The molecule has 0 bridgehead atoms. The predicted molar refractivity (Wildman–Crippen MR) is 134 cm³/mol. The second kappa shape index (κ2) is 10.6. The smallest absolute Gasteiger partial charge is 0.242 e. The van der Waals surface area contributed by atoms with Crippen LogP contribution in [-0.2, 0) is 11.2 Å². The first-order valence-electron chi connectivity index (χ1n) is 10.3. The van der Waals surface area contributed by atoms with Gasteiger partial charge in [0, 0.05) is 17.1 Å². The van der Waals surface area contributed by atoms with Crippen LogP contribution in [0.25, 0.3) is 11.3 Å². The fourth-order valence-corrected chi connectivity index (χ4v) is 4.59. The highest BCUT2D eigenvalue weighted by Crippen LogP contribution is 2.30. The number of amides is 1. The summed E-state index contributed by atoms with van der Waals surface area (Å²) in [4.78, 5) is 14.5. The first kappa shape index (κ1) is 22.9. The minimum Gasteiger partial charge on any atom is -0.497 e. The van der Waals surface area contributed by atoms with Gasteiger partial charge < -0.3 is 9.15 Å². The van der Waals surface area contributed by atoms with Crippen LogP contribution in [0, 0.1) is 0 Å². The van der Waals surface area contributed by atoms with E-state index < -0.39 is 0 Å². The first-order valence-corrected chi connectivity index (χ1v) is 11.5. The van der Waals surface area contributed by atoms with Crippen LogP contribution >= 0.6 is 23.4 Å². The topological polar surface area (TPSA) is 67.4 Å². The highest BCUT2D eigenvalue weighted by Gasteiger charge is 2.37. The highest BCUT2D eigenvalue weighted by molar-refractivity contribution is 8.15. The summed E-state index contributed by atoms with van der Waals surface area (Å²) in [5, 5.41) is 9.39. The maximum absolute atomic E-state index is 12.9. The summed E-state index contributed by atoms with van der Waals surface area (Å²) in [5.74, 6) is 2.04. The highest BCUT2D eigenvalue weighted by atomic mass is 35.5. The SMILES string of the molecule is C=CCN1C(=O)C(Cc2ccc(OC)cc2)SC1=NN=Cc1ccc(-c2ccc(Cl)cc2)o1. The van der Waals surface area contributed by atoms with Gasteiger partial charge in [-0.3, -0.25) is 9.69 Å². The molecule has 2 heterocycles. The van der Waals surface area contributed by atoms with Gasteiger partial charge in [0.15, 0.2) is 5.17 Å². The van der Waals surface area contributed by atoms with Crippen LogP contribution in [0.3, 0.4) is 0 Å². The summed E-state index contributed by atoms with van der Waals surface area (Å²) in [6, 6.07) is 18.8. The molecule has 33 heavy (non-hydrogen) atoms. The molecule has 0 radical (unpaired) electrons. The lowest BCUT2D eigenvalue weighted by atomic mass is 10.1. The minimum atomic E-state index is -0.271. The molecule has 4 rings (SSSR count). The average Bonchev–Trinajstić information content (AvgIpc) is 3.41. The lowest BCUT2D eigenvalue weighted by Gasteiger charge is -2.12. The van der Waals surface area contributed by atoms with Crippen molar-refractivity contribution in [1.82, 2.24) is 4.90 Å². The Morgan fingerprint density at radius 1 is 1.15 bits per heavy atom. The number of ether oxygens (including phenoxy) is 1. The molecule has 1 atom stereocenters. The number of halogens is 1. The van der Waals surface area contributed by atoms with Gasteiger partial charge in [0.2, 0.25) is 5.91 Å². The van der Waals surface area contributed by atoms with E-state index in [-0.39, 0.29) is 11.2 Å². The molecule has 1 fully saturated rings. The molecule has 0 spiro atoms. The van der Waals surface area contributed by atoms with Crippen LogP contribution in [-0.4, -0.2) is 41.1 Å². The number of hydrogen-bond donors (Lipinski definition) is 0. The third-order valence-corrected chi connectivity index (χ3v) is 6.41. The van der Waals surface area contributed by atoms with Crippen LogP contribution in [0.1, 0.15) is 11.3 Å². The number of benzene rings is 2. The van der Waals surface area contributed by atoms with Gasteiger partial charge in [-0.25, -0.2) is 0 Å². The minimum absolute atomic E-state index is 0.00677. The van der Waals surface area contributed by atoms with Crippen LogP contribution < -0.4 is 4.74 Å². The Balaban J connectivity index is 1.46. The number of rotatable bonds is 8. The van der Waals surface area contributed by atoms with Gasteiger partial charge >= 0.3 is 0 Å². The standard InChI is InChI=1S/C25H22ClN3O3S/c1-3-14-29-24(30)23(15-17-4-10-20(31-2)11-5-17)33-25(29)28-27-16-21-12-13-22(32-21)18-6-8-19(26)9-7-18/h3-13,16,23H,1,14-15H2,2H3. The number of carbonyl (C=O) groups excluding carboxylic acids is 1. The fraction of sp³-hybridized carbons (Fsp3) is 0.160. The van der Waals surface area contributed by atoms with Crippen LogP contribution in [0.5, 0.6) is 5.75 Å². The maximum Gasteiger partial charge on any atom is 0.242 e. The number of hydrogen-bond acceptors (Lipinski definition) is 6. The summed E-state index contributed by atoms with van der Waals surface area (Å²) in [5.41, 5.74) is 1.97. The zero-order valence-electron chi connectivity index (χ0n) is 18.0. The van der Waals surface area contributed by atoms with E-state index in [0.717, 1.165) is 16.9 Å². The monoisotopic (exact) mass is 479 g/mol. The molecule has 0 saturated carbocycles. The lowest BCUT2D eigenvalue weighted by molar-refractivity contribution is -0.125. The van der Waals surface area contributed by atoms with Crippen molar-refractivity contribution in [3.05, 3.63) is 89.7 Å². The molecule has 1 aliphatic rings. The van der Waals surface area contributed by atoms with Gasteiger partial charge in [0.1, 0.15) is 17.3 Å². The van der Waals surface area contributed by atoms with E-state index in [9.17, 15) is 4.79 Å². The third kappa shape index (κ3) is 5.56. The summed E-state index contributed by atoms with van der Waals surface area (Å²) in [6.07, 6.45) is 3.80. The molecule has 1 saturated heterocycles. The molecule has 3 aromatic rings. The third-order valence-electron chi connectivity index (χ3n) is 5.00. The van der Waals surface area contributed by atoms with Gasteiger partial charge in [-0.1, -0.05) is 41.6 Å². The van der Waals surface area contributed by atoms with Crippen molar-refractivity contribution in [3.8, 4) is 17.1 Å². The number of amidine groups is 1. The normalized spacial score (nSPS) is 17.3. The Bertz CT molecular complexity index is 1190. The fourth-order valence-electron chi connectivity index (χ4n) is 3.32. The molecule has 1 aromatic heterocycles. The Hall–Kier alpha value is -3.29. The Morgan fingerprint density at radius 2 is 1.91 bits per heavy atom. The molecule has 0 aliphatic carbocycles. The molecule has 8 heteroatoms. The summed E-state index contributed by atoms with van der Waals surface area (Å²) < 4.78 is 11.0. The number of carbonyl (C=O) groups is 1. The van der Waals surface area contributed by atoms with Crippen molar-refractivity contribution in [2.75, 3.05) is 13.7 Å². The van der Waals surface area contributed by atoms with Crippen LogP contribution in [0.2, 0.25) is 5.02 Å². The van der Waals surface area contributed by atoms with E-state index in [1.54, 1.807) is 18.1 Å². The van der Waals surface area contributed by atoms with Crippen molar-refractivity contribution in [2.24, 2.45) is 10.2 Å². The van der Waals surface area contributed by atoms with E-state index in [0.29, 0.717) is 34.7 Å². The summed E-state index contributed by atoms with van der Waals surface area (Å²) in [6.45, 7) is 4.13. The zero-order chi connectivity index (χ0) is 23.2. The molecule has 1 unspecified atom stereocenters. The van der Waals surface area contributed by atoms with Crippen molar-refractivity contribution in [1.29, 1.82) is 0 Å². The van der Waals surface area contributed by atoms with E-state index in [4.69, 9.17) is 20.8 Å². The zero-order valence-corrected chi connectivity index (χ0v) is 19.6. The average molecular weight is 480 g/mol. The van der Waals surface area contributed by atoms with E-state index >= 15 is 0 Å². The Kier molecular flexibility index (Phi) is 7.32. The van der Waals surface area contributed by atoms with Gasteiger partial charge in [-0.05, 0) is 60.5 Å². The molecule has 6 nitrogen and oxygen atoms in total. The maximum atomic E-state index is 12.9. The van der Waals surface area contributed by atoms with E-state index in [1.807, 2.05) is 60.7 Å². The number of furan rings is 1. The molecular weight excluding hydrogens is 458 g/mol. The molecule has 1 amide bonds. The van der Waals surface area contributed by atoms with E-state index in [2.05, 4.69) is 16.8 Å². The summed E-state index contributed by atoms with van der Waals surface area (Å²) >= 11 is 7.34. The molecule has 0 N–H and O–H groups in total. The van der Waals surface area contributed by atoms with Crippen molar-refractivity contribution < 1.29 is 13.9 Å². The second-order valence-electron chi connectivity index (χ2n) is 7.23. The van der Waals surface area contributed by atoms with E-state index in [1.165, 1.54) is 18.0 Å².